The van der Waals surface area contributed by atoms with Gasteiger partial charge in [-0.05, 0) is 35.8 Å². The van der Waals surface area contributed by atoms with Gasteiger partial charge in [-0.25, -0.2) is 9.97 Å². The van der Waals surface area contributed by atoms with Crippen molar-refractivity contribution in [1.82, 2.24) is 9.97 Å². The maximum atomic E-state index is 6.02. The van der Waals surface area contributed by atoms with Gasteiger partial charge in [0.05, 0.1) is 4.88 Å². The van der Waals surface area contributed by atoms with E-state index in [1.54, 1.807) is 0 Å². The van der Waals surface area contributed by atoms with Gasteiger partial charge in [0.1, 0.15) is 9.49 Å². The Labute approximate surface area is 116 Å². The topological polar surface area (TPSA) is 25.8 Å². The quantitative estimate of drug-likeness (QED) is 0.692. The van der Waals surface area contributed by atoms with Gasteiger partial charge in [-0.15, -0.1) is 11.3 Å². The molecule has 0 aliphatic carbocycles. The molecule has 0 fully saturated rings. The highest BCUT2D eigenvalue weighted by molar-refractivity contribution is 9.10. The molecule has 0 spiro atoms. The van der Waals surface area contributed by atoms with Crippen molar-refractivity contribution in [3.8, 4) is 10.7 Å². The molecule has 16 heavy (non-hydrogen) atoms. The fourth-order valence-electron chi connectivity index (χ4n) is 1.16. The van der Waals surface area contributed by atoms with Crippen molar-refractivity contribution >= 4 is 50.5 Å². The Bertz CT molecular complexity index is 511. The van der Waals surface area contributed by atoms with Crippen molar-refractivity contribution in [3.63, 3.8) is 0 Å². The van der Waals surface area contributed by atoms with Crippen LogP contribution in [0.15, 0.2) is 10.5 Å². The van der Waals surface area contributed by atoms with E-state index in [0.717, 1.165) is 20.6 Å². The van der Waals surface area contributed by atoms with Crippen LogP contribution in [0.3, 0.4) is 0 Å². The van der Waals surface area contributed by atoms with E-state index in [9.17, 15) is 0 Å². The molecule has 2 heterocycles. The second-order valence-corrected chi connectivity index (χ2v) is 6.15. The normalized spacial score (nSPS) is 10.8. The Hall–Kier alpha value is -0.160. The highest BCUT2D eigenvalue weighted by atomic mass is 79.9. The molecule has 2 aromatic heterocycles. The van der Waals surface area contributed by atoms with Crippen molar-refractivity contribution in [3.05, 3.63) is 31.3 Å². The Morgan fingerprint density at radius 3 is 2.44 bits per heavy atom. The molecule has 0 aliphatic rings. The summed E-state index contributed by atoms with van der Waals surface area (Å²) < 4.78 is 1.54. The molecule has 2 aromatic rings. The van der Waals surface area contributed by atoms with Crippen LogP contribution in [0.1, 0.15) is 11.3 Å². The van der Waals surface area contributed by atoms with E-state index in [2.05, 4.69) is 25.9 Å². The number of halogens is 3. The van der Waals surface area contributed by atoms with Gasteiger partial charge in [0.15, 0.2) is 5.82 Å². The van der Waals surface area contributed by atoms with Gasteiger partial charge < -0.3 is 0 Å². The number of rotatable bonds is 1. The highest BCUT2D eigenvalue weighted by Crippen LogP contribution is 2.37. The van der Waals surface area contributed by atoms with Crippen molar-refractivity contribution in [1.29, 1.82) is 0 Å². The van der Waals surface area contributed by atoms with E-state index in [-0.39, 0.29) is 0 Å². The summed E-state index contributed by atoms with van der Waals surface area (Å²) in [6.07, 6.45) is 0. The highest BCUT2D eigenvalue weighted by Gasteiger charge is 2.12. The molecule has 2 rings (SSSR count). The molecule has 6 heteroatoms. The average Bonchev–Trinajstić information content (AvgIpc) is 2.55. The van der Waals surface area contributed by atoms with Gasteiger partial charge in [-0.1, -0.05) is 23.2 Å². The molecular formula is C10H7BrCl2N2S. The minimum atomic E-state index is 0.489. The molecule has 2 nitrogen and oxygen atoms in total. The molecule has 0 saturated heterocycles. The lowest BCUT2D eigenvalue weighted by atomic mass is 10.3. The molecule has 0 N–H and O–H groups in total. The third-order valence-corrected chi connectivity index (χ3v) is 5.03. The van der Waals surface area contributed by atoms with E-state index < -0.39 is 0 Å². The van der Waals surface area contributed by atoms with Crippen molar-refractivity contribution in [2.75, 3.05) is 0 Å². The Morgan fingerprint density at radius 2 is 1.94 bits per heavy atom. The smallest absolute Gasteiger partial charge is 0.171 e. The zero-order chi connectivity index (χ0) is 11.9. The largest absolute Gasteiger partial charge is 0.232 e. The third kappa shape index (κ3) is 2.25. The zero-order valence-corrected chi connectivity index (χ0v) is 12.4. The standard InChI is InChI=1S/C10H7BrCl2N2S/c1-4-5(2)14-10(15-8(4)12)7-3-6(11)9(13)16-7/h3H,1-2H3. The molecular weight excluding hydrogens is 331 g/mol. The van der Waals surface area contributed by atoms with Crippen LogP contribution < -0.4 is 0 Å². The summed E-state index contributed by atoms with van der Waals surface area (Å²) in [6.45, 7) is 3.81. The van der Waals surface area contributed by atoms with Crippen LogP contribution in [0.25, 0.3) is 10.7 Å². The van der Waals surface area contributed by atoms with Crippen molar-refractivity contribution < 1.29 is 0 Å². The number of aryl methyl sites for hydroxylation is 1. The SMILES string of the molecule is Cc1nc(-c2cc(Br)c(Cl)s2)nc(Cl)c1C. The molecule has 0 saturated carbocycles. The molecule has 0 bridgehead atoms. The predicted molar refractivity (Wildman–Crippen MR) is 72.5 cm³/mol. The van der Waals surface area contributed by atoms with Crippen LogP contribution in [0.4, 0.5) is 0 Å². The minimum Gasteiger partial charge on any atom is -0.232 e. The number of nitrogens with zero attached hydrogens (tertiary/aromatic N) is 2. The van der Waals surface area contributed by atoms with Crippen molar-refractivity contribution in [2.45, 2.75) is 13.8 Å². The lowest BCUT2D eigenvalue weighted by Crippen LogP contribution is -1.95. The number of thiophene rings is 1. The van der Waals surface area contributed by atoms with Crippen LogP contribution in [0.2, 0.25) is 9.49 Å². The van der Waals surface area contributed by atoms with Crippen LogP contribution >= 0.6 is 50.5 Å². The molecule has 0 atom stereocenters. The van der Waals surface area contributed by atoms with Crippen LogP contribution in [-0.4, -0.2) is 9.97 Å². The summed E-state index contributed by atoms with van der Waals surface area (Å²) in [7, 11) is 0. The molecule has 84 valence electrons. The monoisotopic (exact) mass is 336 g/mol. The first-order valence-electron chi connectivity index (χ1n) is 4.45. The molecule has 0 aromatic carbocycles. The van der Waals surface area contributed by atoms with E-state index in [0.29, 0.717) is 15.3 Å². The average molecular weight is 338 g/mol. The first kappa shape index (κ1) is 12.3. The maximum Gasteiger partial charge on any atom is 0.171 e. The maximum absolute atomic E-state index is 6.02. The molecule has 0 radical (unpaired) electrons. The minimum absolute atomic E-state index is 0.489. The molecule has 0 amide bonds. The Balaban J connectivity index is 2.56. The summed E-state index contributed by atoms with van der Waals surface area (Å²) in [4.78, 5) is 9.54. The number of hydrogen-bond acceptors (Lipinski definition) is 3. The van der Waals surface area contributed by atoms with Crippen LogP contribution in [0.5, 0.6) is 0 Å². The third-order valence-electron chi connectivity index (χ3n) is 2.20. The van der Waals surface area contributed by atoms with Gasteiger partial charge >= 0.3 is 0 Å². The number of hydrogen-bond donors (Lipinski definition) is 0. The summed E-state index contributed by atoms with van der Waals surface area (Å²) in [5, 5.41) is 0.489. The van der Waals surface area contributed by atoms with Gasteiger partial charge in [-0.3, -0.25) is 0 Å². The van der Waals surface area contributed by atoms with Gasteiger partial charge in [0, 0.05) is 15.7 Å². The Morgan fingerprint density at radius 1 is 1.25 bits per heavy atom. The second kappa shape index (κ2) is 4.61. The van der Waals surface area contributed by atoms with E-state index in [4.69, 9.17) is 23.2 Å². The van der Waals surface area contributed by atoms with Crippen LogP contribution in [-0.2, 0) is 0 Å². The van der Waals surface area contributed by atoms with E-state index >= 15 is 0 Å². The molecule has 0 unspecified atom stereocenters. The van der Waals surface area contributed by atoms with E-state index in [1.807, 2.05) is 19.9 Å². The van der Waals surface area contributed by atoms with Gasteiger partial charge in [0.2, 0.25) is 0 Å². The summed E-state index contributed by atoms with van der Waals surface area (Å²) in [5.74, 6) is 0.616. The number of aromatic nitrogens is 2. The van der Waals surface area contributed by atoms with Crippen molar-refractivity contribution in [2.24, 2.45) is 0 Å². The predicted octanol–water partition coefficient (Wildman–Crippen LogP) is 4.89. The first-order chi connectivity index (χ1) is 7.49. The summed E-state index contributed by atoms with van der Waals surface area (Å²) >= 11 is 16.8. The fourth-order valence-corrected chi connectivity index (χ4v) is 3.01. The van der Waals surface area contributed by atoms with Gasteiger partial charge in [0.25, 0.3) is 0 Å². The van der Waals surface area contributed by atoms with Crippen LogP contribution in [0, 0.1) is 13.8 Å². The summed E-state index contributed by atoms with van der Waals surface area (Å²) in [6, 6.07) is 1.90. The lowest BCUT2D eigenvalue weighted by molar-refractivity contribution is 1.08. The first-order valence-corrected chi connectivity index (χ1v) is 6.81. The van der Waals surface area contributed by atoms with E-state index in [1.165, 1.54) is 11.3 Å². The second-order valence-electron chi connectivity index (χ2n) is 3.28. The summed E-state index contributed by atoms with van der Waals surface area (Å²) in [5.41, 5.74) is 1.79. The molecule has 0 aliphatic heterocycles. The van der Waals surface area contributed by atoms with Gasteiger partial charge in [-0.2, -0.15) is 0 Å². The Kier molecular flexibility index (Phi) is 3.54. The fraction of sp³-hybridized carbons (Fsp3) is 0.200. The lowest BCUT2D eigenvalue weighted by Gasteiger charge is -2.03. The zero-order valence-electron chi connectivity index (χ0n) is 8.51.